The summed E-state index contributed by atoms with van der Waals surface area (Å²) in [5.74, 6) is -6.95. The number of fused-ring (bicyclic) bond motifs is 3. The second kappa shape index (κ2) is 18.0. The summed E-state index contributed by atoms with van der Waals surface area (Å²) in [5, 5.41) is 24.0. The van der Waals surface area contributed by atoms with E-state index in [9.17, 15) is 43.5 Å². The van der Waals surface area contributed by atoms with E-state index in [0.717, 1.165) is 22.0 Å². The summed E-state index contributed by atoms with van der Waals surface area (Å²) in [5.41, 5.74) is 18.5. The number of nitrogens with two attached hydrogens (primary N) is 3. The smallest absolute Gasteiger partial charge is 0.246 e. The molecular weight excluding hydrogens is 712 g/mol. The van der Waals surface area contributed by atoms with Crippen molar-refractivity contribution in [3.63, 3.8) is 0 Å². The van der Waals surface area contributed by atoms with Crippen LogP contribution in [0.3, 0.4) is 0 Å². The molecule has 2 aromatic rings. The van der Waals surface area contributed by atoms with Gasteiger partial charge in [-0.2, -0.15) is 0 Å². The molecule has 53 heavy (non-hydrogen) atoms. The largest absolute Gasteiger partial charge is 0.391 e. The van der Waals surface area contributed by atoms with Gasteiger partial charge in [0.05, 0.1) is 36.7 Å². The number of thioether (sulfide) groups is 1. The number of hydrogen-bond donors (Lipinski definition) is 10. The molecule has 4 rings (SSSR count). The number of aromatic nitrogens is 1. The molecular formula is C33H46N10O9S. The highest BCUT2D eigenvalue weighted by atomic mass is 32.2. The summed E-state index contributed by atoms with van der Waals surface area (Å²) in [6.07, 6.45) is -1.40. The SMILES string of the molecule is CCC(C)C1NC(=O)CNC(=O)C(N)Cc2c([nH]c3ccccc23)SCC(C(=O)NC(CC(N)=O)C(=O)N2CC(O)CC2C(N)=O)NC(=O)CNC1=O. The number of nitrogens with one attached hydrogen (secondary N) is 6. The fourth-order valence-corrected chi connectivity index (χ4v) is 7.23. The minimum atomic E-state index is -1.60. The average Bonchev–Trinajstić information content (AvgIpc) is 3.68. The van der Waals surface area contributed by atoms with Gasteiger partial charge in [0.15, 0.2) is 0 Å². The van der Waals surface area contributed by atoms with Crippen LogP contribution in [0, 0.1) is 5.92 Å². The van der Waals surface area contributed by atoms with Gasteiger partial charge in [-0.1, -0.05) is 38.5 Å². The minimum Gasteiger partial charge on any atom is -0.391 e. The van der Waals surface area contributed by atoms with Crippen LogP contribution < -0.4 is 43.8 Å². The highest BCUT2D eigenvalue weighted by Crippen LogP contribution is 2.31. The van der Waals surface area contributed by atoms with E-state index in [0.29, 0.717) is 22.5 Å². The summed E-state index contributed by atoms with van der Waals surface area (Å²) in [4.78, 5) is 108. The van der Waals surface area contributed by atoms with E-state index in [1.165, 1.54) is 0 Å². The summed E-state index contributed by atoms with van der Waals surface area (Å²) in [7, 11) is 0. The van der Waals surface area contributed by atoms with Crippen LogP contribution in [0.1, 0.15) is 38.7 Å². The van der Waals surface area contributed by atoms with E-state index in [4.69, 9.17) is 17.2 Å². The molecule has 0 bridgehead atoms. The molecule has 0 saturated carbocycles. The molecule has 7 unspecified atom stereocenters. The van der Waals surface area contributed by atoms with Crippen LogP contribution in [-0.2, 0) is 44.8 Å². The Labute approximate surface area is 308 Å². The topological polar surface area (TPSA) is 314 Å². The summed E-state index contributed by atoms with van der Waals surface area (Å²) in [6.45, 7) is 2.20. The third kappa shape index (κ3) is 10.4. The van der Waals surface area contributed by atoms with Crippen molar-refractivity contribution in [3.05, 3.63) is 29.8 Å². The van der Waals surface area contributed by atoms with Gasteiger partial charge >= 0.3 is 0 Å². The standard InChI is InChI=1S/C33H46N10O9S/c1-3-15(2)27-31(51)38-11-25(46)39-22(30(50)40-21(10-24(35)45)33(52)43-13-16(44)8-23(43)28(36)48)14-53-32-18(17-6-4-5-7-20(17)41-32)9-19(34)29(49)37-12-26(47)42-27/h4-7,15-16,19,21-23,27,41,44H,3,8-14,34H2,1-2H3,(H2,35,45)(H2,36,48)(H,37,49)(H,38,51)(H,39,46)(H,40,50)(H,42,47). The molecule has 0 spiro atoms. The zero-order valence-electron chi connectivity index (χ0n) is 29.3. The highest BCUT2D eigenvalue weighted by Gasteiger charge is 2.41. The maximum Gasteiger partial charge on any atom is 0.246 e. The summed E-state index contributed by atoms with van der Waals surface area (Å²) in [6, 6.07) is 0.823. The van der Waals surface area contributed by atoms with Crippen molar-refractivity contribution in [2.45, 2.75) is 80.9 Å². The average molecular weight is 759 g/mol. The molecule has 0 aliphatic carbocycles. The Balaban J connectivity index is 1.67. The van der Waals surface area contributed by atoms with Crippen LogP contribution in [0.5, 0.6) is 0 Å². The van der Waals surface area contributed by atoms with E-state index < -0.39 is 103 Å². The Morgan fingerprint density at radius 1 is 1.02 bits per heavy atom. The van der Waals surface area contributed by atoms with Gasteiger partial charge in [-0.25, -0.2) is 0 Å². The highest BCUT2D eigenvalue weighted by molar-refractivity contribution is 7.99. The van der Waals surface area contributed by atoms with Crippen molar-refractivity contribution in [1.29, 1.82) is 0 Å². The number of amides is 8. The van der Waals surface area contributed by atoms with E-state index in [1.54, 1.807) is 32.0 Å². The first-order valence-electron chi connectivity index (χ1n) is 17.1. The molecule has 3 heterocycles. The molecule has 13 N–H and O–H groups in total. The number of aliphatic hydroxyl groups excluding tert-OH is 1. The molecule has 8 amide bonds. The number of para-hydroxylation sites is 1. The zero-order valence-corrected chi connectivity index (χ0v) is 30.1. The second-order valence-electron chi connectivity index (χ2n) is 13.1. The number of carbonyl (C=O) groups excluding carboxylic acids is 8. The van der Waals surface area contributed by atoms with Gasteiger partial charge in [0, 0.05) is 29.6 Å². The Hall–Kier alpha value is -5.21. The lowest BCUT2D eigenvalue weighted by molar-refractivity contribution is -0.142. The van der Waals surface area contributed by atoms with Crippen LogP contribution in [0.25, 0.3) is 10.9 Å². The quantitative estimate of drug-likeness (QED) is 0.124. The van der Waals surface area contributed by atoms with Crippen LogP contribution in [0.4, 0.5) is 0 Å². The molecule has 288 valence electrons. The molecule has 2 aliphatic heterocycles. The third-order valence-corrected chi connectivity index (χ3v) is 10.3. The van der Waals surface area contributed by atoms with Crippen molar-refractivity contribution in [3.8, 4) is 0 Å². The number of rotatable bonds is 8. The van der Waals surface area contributed by atoms with Crippen LogP contribution in [-0.4, -0.2) is 124 Å². The van der Waals surface area contributed by atoms with Crippen molar-refractivity contribution < 1.29 is 43.5 Å². The van der Waals surface area contributed by atoms with Gasteiger partial charge in [0.25, 0.3) is 0 Å². The Morgan fingerprint density at radius 2 is 1.68 bits per heavy atom. The molecule has 1 fully saturated rings. The lowest BCUT2D eigenvalue weighted by Gasteiger charge is -2.28. The Morgan fingerprint density at radius 3 is 2.34 bits per heavy atom. The third-order valence-electron chi connectivity index (χ3n) is 9.15. The van der Waals surface area contributed by atoms with Crippen molar-refractivity contribution in [2.24, 2.45) is 23.1 Å². The van der Waals surface area contributed by atoms with Crippen molar-refractivity contribution in [2.75, 3.05) is 25.4 Å². The predicted octanol–water partition coefficient (Wildman–Crippen LogP) is -3.80. The normalized spacial score (nSPS) is 24.7. The van der Waals surface area contributed by atoms with Gasteiger partial charge < -0.3 is 58.8 Å². The number of primary amides is 2. The molecule has 1 aromatic heterocycles. The number of H-pyrrole nitrogens is 1. The van der Waals surface area contributed by atoms with E-state index >= 15 is 0 Å². The molecule has 7 atom stereocenters. The fraction of sp³-hybridized carbons (Fsp3) is 0.515. The number of aromatic amines is 1. The van der Waals surface area contributed by atoms with E-state index in [1.807, 2.05) is 6.07 Å². The number of nitrogens with zero attached hydrogens (tertiary/aromatic N) is 1. The van der Waals surface area contributed by atoms with Crippen LogP contribution in [0.15, 0.2) is 29.3 Å². The van der Waals surface area contributed by atoms with Gasteiger partial charge in [-0.3, -0.25) is 38.4 Å². The lowest BCUT2D eigenvalue weighted by atomic mass is 9.98. The molecule has 2 aliphatic rings. The maximum atomic E-state index is 13.9. The summed E-state index contributed by atoms with van der Waals surface area (Å²) >= 11 is 1.09. The number of β-amino-alcohol motifs (C(OH)–C–C–N with tert-alkyl or cyclic N) is 1. The first-order chi connectivity index (χ1) is 25.1. The molecule has 20 heteroatoms. The Bertz CT molecular complexity index is 1750. The number of carbonyl (C=O) groups is 8. The second-order valence-corrected chi connectivity index (χ2v) is 14.1. The van der Waals surface area contributed by atoms with E-state index in [-0.39, 0.29) is 31.1 Å². The number of benzene rings is 1. The van der Waals surface area contributed by atoms with Gasteiger partial charge in [-0.05, 0) is 24.0 Å². The first-order valence-corrected chi connectivity index (χ1v) is 18.1. The molecule has 1 saturated heterocycles. The van der Waals surface area contributed by atoms with Gasteiger partial charge in [0.1, 0.15) is 24.2 Å². The first kappa shape index (κ1) is 40.6. The van der Waals surface area contributed by atoms with Crippen molar-refractivity contribution >= 4 is 69.9 Å². The van der Waals surface area contributed by atoms with Crippen molar-refractivity contribution in [1.82, 2.24) is 36.5 Å². The molecule has 19 nitrogen and oxygen atoms in total. The van der Waals surface area contributed by atoms with Crippen LogP contribution >= 0.6 is 11.8 Å². The number of hydrogen-bond acceptors (Lipinski definition) is 11. The Kier molecular flexibility index (Phi) is 13.8. The lowest BCUT2D eigenvalue weighted by Crippen LogP contribution is -2.58. The minimum absolute atomic E-state index is 0.0127. The monoisotopic (exact) mass is 758 g/mol. The maximum absolute atomic E-state index is 13.9. The summed E-state index contributed by atoms with van der Waals surface area (Å²) < 4.78 is 0. The van der Waals surface area contributed by atoms with Gasteiger partial charge in [-0.15, -0.1) is 11.8 Å². The fourth-order valence-electron chi connectivity index (χ4n) is 6.11. The molecule has 0 radical (unpaired) electrons. The number of likely N-dealkylation sites (tertiary alicyclic amines) is 1. The van der Waals surface area contributed by atoms with Crippen LogP contribution in [0.2, 0.25) is 0 Å². The predicted molar refractivity (Wildman–Crippen MR) is 191 cm³/mol. The van der Waals surface area contributed by atoms with E-state index in [2.05, 4.69) is 31.6 Å². The van der Waals surface area contributed by atoms with Gasteiger partial charge in [0.2, 0.25) is 47.3 Å². The zero-order chi connectivity index (χ0) is 39.0. The molecule has 1 aromatic carbocycles. The number of aliphatic hydroxyl groups is 1.